The highest BCUT2D eigenvalue weighted by Crippen LogP contribution is 2.28. The van der Waals surface area contributed by atoms with Gasteiger partial charge in [-0.05, 0) is 18.9 Å². The summed E-state index contributed by atoms with van der Waals surface area (Å²) in [6.07, 6.45) is 1.80. The minimum atomic E-state index is -0.102. The van der Waals surface area contributed by atoms with Gasteiger partial charge in [0.25, 0.3) is 5.91 Å². The first-order chi connectivity index (χ1) is 10.2. The van der Waals surface area contributed by atoms with Crippen LogP contribution in [-0.4, -0.2) is 45.9 Å². The van der Waals surface area contributed by atoms with Crippen LogP contribution in [0.5, 0.6) is 0 Å². The van der Waals surface area contributed by atoms with Crippen LogP contribution in [0.3, 0.4) is 0 Å². The number of hydrogen-bond acceptors (Lipinski definition) is 6. The van der Waals surface area contributed by atoms with Crippen LogP contribution >= 0.6 is 11.3 Å². The van der Waals surface area contributed by atoms with Gasteiger partial charge in [0.1, 0.15) is 4.88 Å². The van der Waals surface area contributed by atoms with Gasteiger partial charge in [-0.15, -0.1) is 11.3 Å². The largest absolute Gasteiger partial charge is 0.397 e. The van der Waals surface area contributed by atoms with E-state index in [1.807, 2.05) is 6.92 Å². The van der Waals surface area contributed by atoms with Gasteiger partial charge < -0.3 is 25.8 Å². The van der Waals surface area contributed by atoms with Crippen molar-refractivity contribution in [2.24, 2.45) is 0 Å². The fraction of sp³-hybridized carbons (Fsp3) is 0.643. The van der Waals surface area contributed by atoms with E-state index >= 15 is 0 Å². The quantitative estimate of drug-likeness (QED) is 0.543. The van der Waals surface area contributed by atoms with Crippen LogP contribution in [0.2, 0.25) is 0 Å². The second kappa shape index (κ2) is 10.4. The molecule has 0 unspecified atom stereocenters. The highest BCUT2D eigenvalue weighted by atomic mass is 32.1. The molecule has 0 aliphatic rings. The lowest BCUT2D eigenvalue weighted by Crippen LogP contribution is -2.23. The minimum absolute atomic E-state index is 0.102. The Morgan fingerprint density at radius 1 is 1.33 bits per heavy atom. The first-order valence-electron chi connectivity index (χ1n) is 7.17. The molecule has 1 aromatic heterocycles. The number of methoxy groups -OCH3 is 1. The van der Waals surface area contributed by atoms with Crippen molar-refractivity contribution in [3.8, 4) is 0 Å². The Hall–Kier alpha value is -1.31. The van der Waals surface area contributed by atoms with E-state index < -0.39 is 0 Å². The fourth-order valence-electron chi connectivity index (χ4n) is 1.62. The summed E-state index contributed by atoms with van der Waals surface area (Å²) in [6.45, 7) is 5.37. The van der Waals surface area contributed by atoms with Crippen LogP contribution in [0.25, 0.3) is 0 Å². The number of carbonyl (C=O) groups is 1. The molecule has 0 fully saturated rings. The zero-order valence-corrected chi connectivity index (χ0v) is 13.6. The van der Waals surface area contributed by atoms with Gasteiger partial charge in [-0.1, -0.05) is 6.92 Å². The topological polar surface area (TPSA) is 85.6 Å². The van der Waals surface area contributed by atoms with Crippen LogP contribution in [-0.2, 0) is 9.47 Å². The number of rotatable bonds is 11. The van der Waals surface area contributed by atoms with E-state index in [1.54, 1.807) is 13.2 Å². The van der Waals surface area contributed by atoms with Crippen molar-refractivity contribution in [2.75, 3.05) is 51.1 Å². The van der Waals surface area contributed by atoms with E-state index in [0.29, 0.717) is 36.9 Å². The number of carbonyl (C=O) groups excluding carboxylic acids is 1. The highest BCUT2D eigenvalue weighted by molar-refractivity contribution is 7.18. The van der Waals surface area contributed by atoms with E-state index in [1.165, 1.54) is 11.3 Å². The van der Waals surface area contributed by atoms with Gasteiger partial charge in [-0.3, -0.25) is 4.79 Å². The summed E-state index contributed by atoms with van der Waals surface area (Å²) in [7, 11) is 1.65. The van der Waals surface area contributed by atoms with Crippen molar-refractivity contribution in [3.63, 3.8) is 0 Å². The number of anilines is 2. The van der Waals surface area contributed by atoms with Gasteiger partial charge in [0.2, 0.25) is 0 Å². The molecule has 0 saturated heterocycles. The standard InChI is InChI=1S/C14H25N3O3S/c1-3-5-17-14(18)13-11(15)10-12(21-13)16-6-4-7-20-9-8-19-2/h10,16H,3-9,15H2,1-2H3,(H,17,18). The SMILES string of the molecule is CCCNC(=O)c1sc(NCCCOCCOC)cc1N. The third kappa shape index (κ3) is 6.79. The molecule has 1 amide bonds. The molecule has 6 nitrogen and oxygen atoms in total. The number of hydrogen-bond donors (Lipinski definition) is 3. The highest BCUT2D eigenvalue weighted by Gasteiger charge is 2.13. The first-order valence-corrected chi connectivity index (χ1v) is 7.98. The number of amides is 1. The Bertz CT molecular complexity index is 424. The summed E-state index contributed by atoms with van der Waals surface area (Å²) < 4.78 is 10.3. The van der Waals surface area contributed by atoms with Crippen molar-refractivity contribution in [1.29, 1.82) is 0 Å². The number of nitrogens with two attached hydrogens (primary N) is 1. The summed E-state index contributed by atoms with van der Waals surface area (Å²) in [5.74, 6) is -0.102. The van der Waals surface area contributed by atoms with Crippen molar-refractivity contribution in [3.05, 3.63) is 10.9 Å². The average molecular weight is 315 g/mol. The number of nitrogens with one attached hydrogen (secondary N) is 2. The van der Waals surface area contributed by atoms with Crippen molar-refractivity contribution < 1.29 is 14.3 Å². The molecule has 0 aliphatic heterocycles. The molecule has 21 heavy (non-hydrogen) atoms. The predicted molar refractivity (Wildman–Crippen MR) is 87.2 cm³/mol. The lowest BCUT2D eigenvalue weighted by molar-refractivity contribution is 0.0705. The molecule has 0 spiro atoms. The van der Waals surface area contributed by atoms with Gasteiger partial charge in [-0.2, -0.15) is 0 Å². The minimum Gasteiger partial charge on any atom is -0.397 e. The molecule has 0 aromatic carbocycles. The predicted octanol–water partition coefficient (Wildman–Crippen LogP) is 1.94. The monoisotopic (exact) mass is 315 g/mol. The van der Waals surface area contributed by atoms with Gasteiger partial charge in [0.15, 0.2) is 0 Å². The Morgan fingerprint density at radius 2 is 2.14 bits per heavy atom. The van der Waals surface area contributed by atoms with E-state index in [0.717, 1.165) is 24.4 Å². The molecule has 0 atom stereocenters. The van der Waals surface area contributed by atoms with Crippen molar-refractivity contribution in [2.45, 2.75) is 19.8 Å². The number of ether oxygens (including phenoxy) is 2. The van der Waals surface area contributed by atoms with Gasteiger partial charge >= 0.3 is 0 Å². The van der Waals surface area contributed by atoms with Gasteiger partial charge in [-0.25, -0.2) is 0 Å². The van der Waals surface area contributed by atoms with Crippen LogP contribution in [0, 0.1) is 0 Å². The summed E-state index contributed by atoms with van der Waals surface area (Å²) >= 11 is 1.38. The van der Waals surface area contributed by atoms with E-state index in [-0.39, 0.29) is 5.91 Å². The maximum Gasteiger partial charge on any atom is 0.263 e. The normalized spacial score (nSPS) is 10.6. The zero-order valence-electron chi connectivity index (χ0n) is 12.7. The van der Waals surface area contributed by atoms with Gasteiger partial charge in [0.05, 0.1) is 23.9 Å². The third-order valence-electron chi connectivity index (χ3n) is 2.70. The molecular weight excluding hydrogens is 290 g/mol. The van der Waals surface area contributed by atoms with Crippen molar-refractivity contribution >= 4 is 27.9 Å². The maximum absolute atomic E-state index is 11.9. The van der Waals surface area contributed by atoms with E-state index in [2.05, 4.69) is 10.6 Å². The van der Waals surface area contributed by atoms with Crippen LogP contribution in [0.1, 0.15) is 29.4 Å². The lowest BCUT2D eigenvalue weighted by Gasteiger charge is -2.04. The van der Waals surface area contributed by atoms with Crippen LogP contribution in [0.4, 0.5) is 10.7 Å². The molecule has 0 bridgehead atoms. The molecule has 120 valence electrons. The summed E-state index contributed by atoms with van der Waals surface area (Å²) in [4.78, 5) is 12.4. The summed E-state index contributed by atoms with van der Waals surface area (Å²) in [5.41, 5.74) is 6.39. The molecule has 0 saturated carbocycles. The van der Waals surface area contributed by atoms with Crippen molar-refractivity contribution in [1.82, 2.24) is 5.32 Å². The molecule has 1 rings (SSSR count). The first kappa shape index (κ1) is 17.7. The second-order valence-corrected chi connectivity index (χ2v) is 5.59. The number of thiophene rings is 1. The molecule has 4 N–H and O–H groups in total. The molecule has 0 aliphatic carbocycles. The van der Waals surface area contributed by atoms with E-state index in [4.69, 9.17) is 15.2 Å². The lowest BCUT2D eigenvalue weighted by atomic mass is 10.3. The molecule has 1 aromatic rings. The Morgan fingerprint density at radius 3 is 2.86 bits per heavy atom. The van der Waals surface area contributed by atoms with Crippen LogP contribution in [0.15, 0.2) is 6.07 Å². The summed E-state index contributed by atoms with van der Waals surface area (Å²) in [5, 5.41) is 6.99. The zero-order chi connectivity index (χ0) is 15.5. The van der Waals surface area contributed by atoms with Crippen LogP contribution < -0.4 is 16.4 Å². The smallest absolute Gasteiger partial charge is 0.263 e. The summed E-state index contributed by atoms with van der Waals surface area (Å²) in [6, 6.07) is 1.80. The van der Waals surface area contributed by atoms with E-state index in [9.17, 15) is 4.79 Å². The maximum atomic E-state index is 11.9. The average Bonchev–Trinajstić information content (AvgIpc) is 2.85. The molecule has 0 radical (unpaired) electrons. The fourth-order valence-corrected chi connectivity index (χ4v) is 2.54. The molecule has 7 heteroatoms. The molecular formula is C14H25N3O3S. The Balaban J connectivity index is 2.28. The second-order valence-electron chi connectivity index (χ2n) is 4.54. The molecule has 1 heterocycles. The Kier molecular flexibility index (Phi) is 8.80. The number of nitrogen functional groups attached to an aromatic ring is 1. The van der Waals surface area contributed by atoms with Gasteiger partial charge in [0, 0.05) is 26.8 Å². The third-order valence-corrected chi connectivity index (χ3v) is 3.81. The Labute approximate surface area is 130 Å².